The molecule has 3 rings (SSSR count). The Balaban J connectivity index is 0.00000121. The highest BCUT2D eigenvalue weighted by Crippen LogP contribution is 2.28. The van der Waals surface area contributed by atoms with E-state index in [1.165, 1.54) is 19.4 Å². The van der Waals surface area contributed by atoms with E-state index in [1.807, 2.05) is 15.8 Å². The summed E-state index contributed by atoms with van der Waals surface area (Å²) < 4.78 is 0. The second-order valence-electron chi connectivity index (χ2n) is 5.99. The van der Waals surface area contributed by atoms with Crippen molar-refractivity contribution in [2.75, 3.05) is 19.6 Å². The Morgan fingerprint density at radius 1 is 1.27 bits per heavy atom. The maximum absolute atomic E-state index is 12.2. The molecule has 1 aromatic heterocycles. The highest BCUT2D eigenvalue weighted by atomic mass is 35.5. The summed E-state index contributed by atoms with van der Waals surface area (Å²) in [5.41, 5.74) is 2.88. The molecule has 2 aliphatic rings. The van der Waals surface area contributed by atoms with Crippen molar-refractivity contribution in [1.29, 1.82) is 0 Å². The highest BCUT2D eigenvalue weighted by molar-refractivity contribution is 7.07. The molecule has 0 unspecified atom stereocenters. The third kappa shape index (κ3) is 6.03. The topological polar surface area (TPSA) is 45.2 Å². The fourth-order valence-electron chi connectivity index (χ4n) is 2.74. The molecular weight excluding hydrogens is 341 g/mol. The van der Waals surface area contributed by atoms with E-state index in [2.05, 4.69) is 10.3 Å². The average Bonchev–Trinajstić information content (AvgIpc) is 3.17. The van der Waals surface area contributed by atoms with Crippen molar-refractivity contribution in [3.63, 3.8) is 0 Å². The molecule has 1 saturated carbocycles. The monoisotopic (exact) mass is 365 g/mol. The summed E-state index contributed by atoms with van der Waals surface area (Å²) in [6.45, 7) is 3.01. The van der Waals surface area contributed by atoms with Crippen LogP contribution in [-0.2, 0) is 11.2 Å². The molecule has 0 radical (unpaired) electrons. The molecule has 1 aliphatic carbocycles. The summed E-state index contributed by atoms with van der Waals surface area (Å²) in [4.78, 5) is 18.4. The third-order valence-electron chi connectivity index (χ3n) is 4.32. The number of hydrogen-bond donors (Lipinski definition) is 1. The van der Waals surface area contributed by atoms with Crippen LogP contribution in [0.15, 0.2) is 10.9 Å². The number of nitrogens with zero attached hydrogens (tertiary/aromatic N) is 2. The van der Waals surface area contributed by atoms with Crippen LogP contribution in [0.5, 0.6) is 0 Å². The number of carbonyl (C=O) groups is 1. The van der Waals surface area contributed by atoms with Gasteiger partial charge in [-0.25, -0.2) is 4.98 Å². The number of halogens is 2. The van der Waals surface area contributed by atoms with Gasteiger partial charge in [-0.2, -0.15) is 0 Å². The number of aromatic nitrogens is 1. The summed E-state index contributed by atoms with van der Waals surface area (Å²) in [6.07, 6.45) is 6.40. The largest absolute Gasteiger partial charge is 0.343 e. The van der Waals surface area contributed by atoms with Gasteiger partial charge in [0.05, 0.1) is 11.2 Å². The van der Waals surface area contributed by atoms with Crippen molar-refractivity contribution in [3.8, 4) is 0 Å². The molecule has 0 aromatic carbocycles. The van der Waals surface area contributed by atoms with Crippen molar-refractivity contribution >= 4 is 42.1 Å². The van der Waals surface area contributed by atoms with E-state index in [1.54, 1.807) is 11.3 Å². The number of nitrogens with one attached hydrogen (secondary N) is 1. The normalized spacial score (nSPS) is 18.5. The van der Waals surface area contributed by atoms with Gasteiger partial charge in [0.1, 0.15) is 0 Å². The zero-order chi connectivity index (χ0) is 13.8. The lowest BCUT2D eigenvalue weighted by atomic mass is 10.0. The van der Waals surface area contributed by atoms with E-state index in [9.17, 15) is 4.79 Å². The second kappa shape index (κ2) is 9.71. The molecule has 1 aliphatic heterocycles. The summed E-state index contributed by atoms with van der Waals surface area (Å²) in [5.74, 6) is 1.23. The lowest BCUT2D eigenvalue weighted by Crippen LogP contribution is -2.45. The molecule has 1 amide bonds. The van der Waals surface area contributed by atoms with Crippen LogP contribution in [0.4, 0.5) is 0 Å². The number of amides is 1. The van der Waals surface area contributed by atoms with Crippen LogP contribution >= 0.6 is 36.2 Å². The minimum atomic E-state index is 0. The van der Waals surface area contributed by atoms with E-state index in [4.69, 9.17) is 0 Å². The molecule has 22 heavy (non-hydrogen) atoms. The predicted molar refractivity (Wildman–Crippen MR) is 95.3 cm³/mol. The lowest BCUT2D eigenvalue weighted by Gasteiger charge is -2.32. The van der Waals surface area contributed by atoms with Crippen LogP contribution in [0.25, 0.3) is 0 Å². The minimum absolute atomic E-state index is 0. The number of thiazole rings is 1. The van der Waals surface area contributed by atoms with Crippen LogP contribution < -0.4 is 5.32 Å². The Morgan fingerprint density at radius 2 is 2.00 bits per heavy atom. The van der Waals surface area contributed by atoms with Gasteiger partial charge in [0.25, 0.3) is 0 Å². The first kappa shape index (κ1) is 19.7. The fourth-order valence-corrected chi connectivity index (χ4v) is 3.34. The van der Waals surface area contributed by atoms with Gasteiger partial charge in [-0.05, 0) is 44.6 Å². The maximum atomic E-state index is 12.2. The first-order valence-electron chi connectivity index (χ1n) is 7.69. The summed E-state index contributed by atoms with van der Waals surface area (Å²) in [7, 11) is 0. The zero-order valence-electron chi connectivity index (χ0n) is 12.7. The Bertz CT molecular complexity index is 432. The van der Waals surface area contributed by atoms with Crippen molar-refractivity contribution in [1.82, 2.24) is 15.2 Å². The molecule has 2 heterocycles. The summed E-state index contributed by atoms with van der Waals surface area (Å²) in [5, 5.41) is 5.68. The number of hydrogen-bond acceptors (Lipinski definition) is 4. The van der Waals surface area contributed by atoms with Gasteiger partial charge in [-0.1, -0.05) is 0 Å². The number of piperidine rings is 1. The first-order valence-corrected chi connectivity index (χ1v) is 8.64. The first-order chi connectivity index (χ1) is 9.81. The van der Waals surface area contributed by atoms with Gasteiger partial charge < -0.3 is 10.2 Å². The Kier molecular flexibility index (Phi) is 8.69. The van der Waals surface area contributed by atoms with E-state index in [0.717, 1.165) is 44.0 Å². The van der Waals surface area contributed by atoms with E-state index >= 15 is 0 Å². The average molecular weight is 366 g/mol. The van der Waals surface area contributed by atoms with Crippen molar-refractivity contribution in [2.45, 2.75) is 44.6 Å². The van der Waals surface area contributed by atoms with Gasteiger partial charge in [-0.3, -0.25) is 4.79 Å². The summed E-state index contributed by atoms with van der Waals surface area (Å²) in [6, 6.07) is 0.623. The lowest BCUT2D eigenvalue weighted by molar-refractivity contribution is -0.132. The van der Waals surface area contributed by atoms with Crippen molar-refractivity contribution < 1.29 is 4.79 Å². The second-order valence-corrected chi connectivity index (χ2v) is 6.71. The van der Waals surface area contributed by atoms with Crippen LogP contribution in [0.2, 0.25) is 0 Å². The van der Waals surface area contributed by atoms with Gasteiger partial charge in [0.2, 0.25) is 5.91 Å². The molecule has 2 fully saturated rings. The quantitative estimate of drug-likeness (QED) is 0.842. The minimum Gasteiger partial charge on any atom is -0.343 e. The van der Waals surface area contributed by atoms with E-state index < -0.39 is 0 Å². The van der Waals surface area contributed by atoms with Crippen molar-refractivity contribution in [3.05, 3.63) is 16.6 Å². The van der Waals surface area contributed by atoms with Gasteiger partial charge in [-0.15, -0.1) is 36.2 Å². The van der Waals surface area contributed by atoms with Crippen molar-refractivity contribution in [2.24, 2.45) is 5.92 Å². The third-order valence-corrected chi connectivity index (χ3v) is 4.95. The number of carbonyl (C=O) groups excluding carboxylic acids is 1. The Morgan fingerprint density at radius 3 is 2.59 bits per heavy atom. The Labute approximate surface area is 148 Å². The van der Waals surface area contributed by atoms with Gasteiger partial charge in [0, 0.05) is 30.9 Å². The number of likely N-dealkylation sites (tertiary alicyclic amines) is 1. The molecule has 4 nitrogen and oxygen atoms in total. The molecular formula is C15H25Cl2N3OS. The van der Waals surface area contributed by atoms with Crippen LogP contribution in [0.1, 0.15) is 37.8 Å². The van der Waals surface area contributed by atoms with E-state index in [0.29, 0.717) is 18.4 Å². The Hall–Kier alpha value is -0.360. The SMILES string of the molecule is Cl.Cl.O=C(CCc1cscn1)N1CCC(NCC2CC2)CC1. The predicted octanol–water partition coefficient (Wildman–Crippen LogP) is 2.91. The zero-order valence-corrected chi connectivity index (χ0v) is 15.2. The maximum Gasteiger partial charge on any atom is 0.222 e. The van der Waals surface area contributed by atoms with Gasteiger partial charge >= 0.3 is 0 Å². The molecule has 7 heteroatoms. The molecule has 1 N–H and O–H groups in total. The smallest absolute Gasteiger partial charge is 0.222 e. The molecule has 0 spiro atoms. The molecule has 1 aromatic rings. The molecule has 1 saturated heterocycles. The molecule has 0 atom stereocenters. The number of rotatable bonds is 6. The highest BCUT2D eigenvalue weighted by Gasteiger charge is 2.25. The van der Waals surface area contributed by atoms with Crippen LogP contribution in [0, 0.1) is 5.92 Å². The van der Waals surface area contributed by atoms with Crippen LogP contribution in [0.3, 0.4) is 0 Å². The van der Waals surface area contributed by atoms with Gasteiger partial charge in [0.15, 0.2) is 0 Å². The van der Waals surface area contributed by atoms with Crippen LogP contribution in [-0.4, -0.2) is 41.5 Å². The standard InChI is InChI=1S/C15H23N3OS.2ClH/c19-15(4-3-14-10-20-11-17-14)18-7-5-13(6-8-18)16-9-12-1-2-12;;/h10-13,16H,1-9H2;2*1H. The number of aryl methyl sites for hydroxylation is 1. The molecule has 126 valence electrons. The summed E-state index contributed by atoms with van der Waals surface area (Å²) >= 11 is 1.60. The fraction of sp³-hybridized carbons (Fsp3) is 0.733. The molecule has 0 bridgehead atoms. The van der Waals surface area contributed by atoms with E-state index in [-0.39, 0.29) is 24.8 Å².